The Morgan fingerprint density at radius 3 is 2.47 bits per heavy atom. The van der Waals surface area contributed by atoms with Crippen molar-refractivity contribution in [2.45, 2.75) is 72.3 Å². The van der Waals surface area contributed by atoms with E-state index in [2.05, 4.69) is 22.8 Å². The van der Waals surface area contributed by atoms with Gasteiger partial charge in [0, 0.05) is 10.9 Å². The minimum atomic E-state index is -0.692. The number of imide groups is 1. The Kier molecular flexibility index (Phi) is 9.85. The van der Waals surface area contributed by atoms with Crippen molar-refractivity contribution in [1.29, 1.82) is 0 Å². The highest BCUT2D eigenvalue weighted by molar-refractivity contribution is 6.27. The molecule has 2 heterocycles. The van der Waals surface area contributed by atoms with Gasteiger partial charge in [0.2, 0.25) is 12.3 Å². The fourth-order valence-electron chi connectivity index (χ4n) is 4.63. The van der Waals surface area contributed by atoms with Crippen molar-refractivity contribution in [3.05, 3.63) is 41.5 Å². The summed E-state index contributed by atoms with van der Waals surface area (Å²) in [6, 6.07) is 9.24. The minimum absolute atomic E-state index is 0.164. The molecule has 32 heavy (non-hydrogen) atoms. The van der Waals surface area contributed by atoms with Crippen molar-refractivity contribution in [3.8, 4) is 0 Å². The number of nitrogens with one attached hydrogen (secondary N) is 2. The van der Waals surface area contributed by atoms with E-state index in [-0.39, 0.29) is 5.91 Å². The maximum atomic E-state index is 13.2. The topological polar surface area (TPSA) is 78.5 Å². The van der Waals surface area contributed by atoms with Crippen molar-refractivity contribution in [1.82, 2.24) is 10.6 Å². The molecule has 2 aromatic carbocycles. The van der Waals surface area contributed by atoms with Crippen LogP contribution in [-0.2, 0) is 9.59 Å². The first-order valence-electron chi connectivity index (χ1n) is 12.0. The predicted octanol–water partition coefficient (Wildman–Crippen LogP) is 4.76. The molecular formula is C26H37N3O3. The molecule has 0 aromatic heterocycles. The molecule has 2 N–H and O–H groups in total. The van der Waals surface area contributed by atoms with Gasteiger partial charge in [-0.05, 0) is 61.4 Å². The molecule has 2 aromatic rings. The highest BCUT2D eigenvalue weighted by atomic mass is 16.2. The molecule has 0 aliphatic carbocycles. The molecule has 3 amide bonds. The molecule has 0 saturated carbocycles. The van der Waals surface area contributed by atoms with Crippen LogP contribution in [-0.4, -0.2) is 37.4 Å². The maximum Gasteiger partial charge on any atom is 0.259 e. The fraction of sp³-hybridized carbons (Fsp3) is 0.500. The van der Waals surface area contributed by atoms with Crippen molar-refractivity contribution >= 4 is 34.7 Å². The Morgan fingerprint density at radius 2 is 1.84 bits per heavy atom. The third-order valence-electron chi connectivity index (χ3n) is 5.92. The number of piperidine rings is 1. The van der Waals surface area contributed by atoms with E-state index in [1.165, 1.54) is 5.56 Å². The number of carbonyl (C=O) groups is 3. The van der Waals surface area contributed by atoms with E-state index in [0.29, 0.717) is 24.3 Å². The van der Waals surface area contributed by atoms with Gasteiger partial charge in [-0.3, -0.25) is 24.6 Å². The fourth-order valence-corrected chi connectivity index (χ4v) is 4.63. The molecule has 0 radical (unpaired) electrons. The number of benzene rings is 2. The highest BCUT2D eigenvalue weighted by Crippen LogP contribution is 2.43. The number of anilines is 1. The SMILES string of the molecule is CC.CC.CCCC(C(=O)NC=O)N1C(=O)c2cccc3c(C4CCNCC4)ccc1c23. The zero-order valence-electron chi connectivity index (χ0n) is 20.0. The van der Waals surface area contributed by atoms with Crippen LogP contribution in [0.25, 0.3) is 10.8 Å². The van der Waals surface area contributed by atoms with E-state index in [0.717, 1.165) is 48.8 Å². The van der Waals surface area contributed by atoms with E-state index < -0.39 is 11.9 Å². The van der Waals surface area contributed by atoms with Crippen LogP contribution in [0.5, 0.6) is 0 Å². The van der Waals surface area contributed by atoms with Gasteiger partial charge < -0.3 is 5.32 Å². The van der Waals surface area contributed by atoms with Crippen LogP contribution >= 0.6 is 0 Å². The lowest BCUT2D eigenvalue weighted by molar-refractivity contribution is -0.126. The molecule has 4 rings (SSSR count). The normalized spacial score (nSPS) is 15.9. The Labute approximate surface area is 191 Å². The first-order chi connectivity index (χ1) is 15.7. The van der Waals surface area contributed by atoms with E-state index in [1.54, 1.807) is 4.90 Å². The second-order valence-electron chi connectivity index (χ2n) is 7.53. The molecule has 2 aliphatic heterocycles. The molecule has 1 atom stereocenters. The van der Waals surface area contributed by atoms with Gasteiger partial charge in [0.05, 0.1) is 5.69 Å². The zero-order valence-corrected chi connectivity index (χ0v) is 20.0. The monoisotopic (exact) mass is 439 g/mol. The van der Waals surface area contributed by atoms with Crippen molar-refractivity contribution < 1.29 is 14.4 Å². The van der Waals surface area contributed by atoms with Crippen LogP contribution in [0.3, 0.4) is 0 Å². The summed E-state index contributed by atoms with van der Waals surface area (Å²) in [4.78, 5) is 38.1. The second kappa shape index (κ2) is 12.3. The first-order valence-corrected chi connectivity index (χ1v) is 12.0. The van der Waals surface area contributed by atoms with Crippen molar-refractivity contribution in [3.63, 3.8) is 0 Å². The summed E-state index contributed by atoms with van der Waals surface area (Å²) in [5.74, 6) is -0.129. The molecular weight excluding hydrogens is 402 g/mol. The summed E-state index contributed by atoms with van der Waals surface area (Å²) < 4.78 is 0. The number of nitrogens with zero attached hydrogens (tertiary/aromatic N) is 1. The molecule has 1 fully saturated rings. The highest BCUT2D eigenvalue weighted by Gasteiger charge is 2.38. The quantitative estimate of drug-likeness (QED) is 0.636. The lowest BCUT2D eigenvalue weighted by Crippen LogP contribution is -2.48. The van der Waals surface area contributed by atoms with Crippen LogP contribution in [0.2, 0.25) is 0 Å². The molecule has 174 valence electrons. The van der Waals surface area contributed by atoms with Gasteiger partial charge in [-0.25, -0.2) is 0 Å². The third kappa shape index (κ3) is 4.85. The lowest BCUT2D eigenvalue weighted by atomic mass is 9.86. The molecule has 0 spiro atoms. The van der Waals surface area contributed by atoms with Gasteiger partial charge in [-0.15, -0.1) is 0 Å². The summed E-state index contributed by atoms with van der Waals surface area (Å²) in [7, 11) is 0. The molecule has 6 heteroatoms. The van der Waals surface area contributed by atoms with Crippen molar-refractivity contribution in [2.75, 3.05) is 18.0 Å². The minimum Gasteiger partial charge on any atom is -0.317 e. The number of hydrogen-bond donors (Lipinski definition) is 2. The van der Waals surface area contributed by atoms with Crippen LogP contribution < -0.4 is 15.5 Å². The van der Waals surface area contributed by atoms with E-state index in [9.17, 15) is 14.4 Å². The van der Waals surface area contributed by atoms with Crippen LogP contribution in [0.15, 0.2) is 30.3 Å². The maximum absolute atomic E-state index is 13.2. The average molecular weight is 440 g/mol. The largest absolute Gasteiger partial charge is 0.317 e. The Bertz CT molecular complexity index is 935. The summed E-state index contributed by atoms with van der Waals surface area (Å²) in [6.07, 6.45) is 3.77. The van der Waals surface area contributed by atoms with E-state index in [1.807, 2.05) is 52.8 Å². The third-order valence-corrected chi connectivity index (χ3v) is 5.92. The van der Waals surface area contributed by atoms with Gasteiger partial charge in [0.25, 0.3) is 5.91 Å². The van der Waals surface area contributed by atoms with Gasteiger partial charge in [-0.1, -0.05) is 59.2 Å². The molecule has 0 bridgehead atoms. The number of carbonyl (C=O) groups excluding carboxylic acids is 3. The first kappa shape index (κ1) is 25.5. The Balaban J connectivity index is 0.000000860. The lowest BCUT2D eigenvalue weighted by Gasteiger charge is -2.28. The average Bonchev–Trinajstić information content (AvgIpc) is 3.14. The summed E-state index contributed by atoms with van der Waals surface area (Å²) in [5.41, 5.74) is 2.69. The summed E-state index contributed by atoms with van der Waals surface area (Å²) >= 11 is 0. The van der Waals surface area contributed by atoms with Gasteiger partial charge in [0.15, 0.2) is 0 Å². The molecule has 1 saturated heterocycles. The Hall–Kier alpha value is -2.73. The van der Waals surface area contributed by atoms with E-state index >= 15 is 0 Å². The summed E-state index contributed by atoms with van der Waals surface area (Å²) in [6.45, 7) is 12.0. The Morgan fingerprint density at radius 1 is 1.16 bits per heavy atom. The van der Waals surface area contributed by atoms with Gasteiger partial charge >= 0.3 is 0 Å². The summed E-state index contributed by atoms with van der Waals surface area (Å²) in [5, 5.41) is 7.66. The predicted molar refractivity (Wildman–Crippen MR) is 131 cm³/mol. The van der Waals surface area contributed by atoms with Crippen LogP contribution in [0.1, 0.15) is 82.1 Å². The molecule has 6 nitrogen and oxygen atoms in total. The number of amides is 3. The smallest absolute Gasteiger partial charge is 0.259 e. The van der Waals surface area contributed by atoms with Crippen LogP contribution in [0, 0.1) is 0 Å². The number of rotatable bonds is 6. The zero-order chi connectivity index (χ0) is 23.7. The van der Waals surface area contributed by atoms with Gasteiger partial charge in [0.1, 0.15) is 6.04 Å². The van der Waals surface area contributed by atoms with E-state index in [4.69, 9.17) is 0 Å². The standard InChI is InChI=1S/C22H25N3O3.2C2H6/c1-2-4-19(21(27)24-13-26)25-18-8-7-15(14-9-11-23-12-10-14)16-5-3-6-17(20(16)18)22(25)28;2*1-2/h3,5-8,13-14,19,23H,2,4,9-12H2,1H3,(H,24,26,27);2*1-2H3. The van der Waals surface area contributed by atoms with Gasteiger partial charge in [-0.2, -0.15) is 0 Å². The van der Waals surface area contributed by atoms with Crippen molar-refractivity contribution in [2.24, 2.45) is 0 Å². The van der Waals surface area contributed by atoms with Crippen LogP contribution in [0.4, 0.5) is 5.69 Å². The second-order valence-corrected chi connectivity index (χ2v) is 7.53. The molecule has 1 unspecified atom stereocenters. The number of hydrogen-bond acceptors (Lipinski definition) is 4. The molecule has 2 aliphatic rings.